The minimum Gasteiger partial charge on any atom is -0.352 e. The van der Waals surface area contributed by atoms with Gasteiger partial charge < -0.3 is 15.5 Å². The lowest BCUT2D eigenvalue weighted by molar-refractivity contribution is -0.132. The van der Waals surface area contributed by atoms with Crippen molar-refractivity contribution in [2.75, 3.05) is 20.6 Å². The molecule has 2 aromatic rings. The van der Waals surface area contributed by atoms with Crippen LogP contribution in [0, 0.1) is 0 Å². The Morgan fingerprint density at radius 3 is 2.85 bits per heavy atom. The number of rotatable bonds is 4. The predicted octanol–water partition coefficient (Wildman–Crippen LogP) is 2.65. The van der Waals surface area contributed by atoms with Crippen molar-refractivity contribution in [3.05, 3.63) is 54.2 Å². The summed E-state index contributed by atoms with van der Waals surface area (Å²) in [5, 5.41) is 6.76. The van der Waals surface area contributed by atoms with Crippen LogP contribution in [0.25, 0.3) is 11.3 Å². The van der Waals surface area contributed by atoms with Crippen molar-refractivity contribution in [2.24, 2.45) is 4.99 Å². The van der Waals surface area contributed by atoms with Gasteiger partial charge in [0.15, 0.2) is 5.96 Å². The summed E-state index contributed by atoms with van der Waals surface area (Å²) in [5.74, 6) is 0.957. The van der Waals surface area contributed by atoms with Crippen LogP contribution in [0.3, 0.4) is 0 Å². The number of hydrogen-bond donors (Lipinski definition) is 2. The van der Waals surface area contributed by atoms with Crippen molar-refractivity contribution in [3.63, 3.8) is 0 Å². The zero-order valence-electron chi connectivity index (χ0n) is 15.7. The molecule has 144 valence electrons. The van der Waals surface area contributed by atoms with Gasteiger partial charge in [-0.15, -0.1) is 24.0 Å². The standard InChI is InChI=1S/C20H25N5O.HI/c1-21-20(24-17-9-10-19(26)25(2)14-17)23-13-15-6-5-7-16(12-15)18-8-3-4-11-22-18;/h3-8,11-12,17H,9-10,13-14H2,1-2H3,(H2,21,23,24);1H. The van der Waals surface area contributed by atoms with Gasteiger partial charge in [-0.1, -0.05) is 24.3 Å². The summed E-state index contributed by atoms with van der Waals surface area (Å²) in [6.45, 7) is 1.37. The second-order valence-electron chi connectivity index (χ2n) is 6.50. The molecule has 0 radical (unpaired) electrons. The number of likely N-dealkylation sites (tertiary alicyclic amines) is 1. The molecule has 0 bridgehead atoms. The molecule has 0 saturated carbocycles. The van der Waals surface area contributed by atoms with Crippen molar-refractivity contribution in [3.8, 4) is 11.3 Å². The second kappa shape index (κ2) is 10.2. The molecular weight excluding hydrogens is 453 g/mol. The number of amides is 1. The van der Waals surface area contributed by atoms with Crippen LogP contribution in [0.4, 0.5) is 0 Å². The minimum atomic E-state index is 0. The monoisotopic (exact) mass is 479 g/mol. The Morgan fingerprint density at radius 2 is 2.15 bits per heavy atom. The van der Waals surface area contributed by atoms with Crippen molar-refractivity contribution >= 4 is 35.8 Å². The van der Waals surface area contributed by atoms with Crippen molar-refractivity contribution in [1.82, 2.24) is 20.5 Å². The van der Waals surface area contributed by atoms with Crippen molar-refractivity contribution in [2.45, 2.75) is 25.4 Å². The molecule has 0 spiro atoms. The summed E-state index contributed by atoms with van der Waals surface area (Å²) in [6, 6.07) is 14.5. The minimum absolute atomic E-state index is 0. The molecule has 1 aromatic heterocycles. The van der Waals surface area contributed by atoms with Gasteiger partial charge in [0.05, 0.1) is 5.69 Å². The number of likely N-dealkylation sites (N-methyl/N-ethyl adjacent to an activating group) is 1. The van der Waals surface area contributed by atoms with E-state index >= 15 is 0 Å². The highest BCUT2D eigenvalue weighted by atomic mass is 127. The number of aliphatic imine (C=N–C) groups is 1. The Morgan fingerprint density at radius 1 is 1.30 bits per heavy atom. The summed E-state index contributed by atoms with van der Waals surface area (Å²) in [5.41, 5.74) is 3.22. The van der Waals surface area contributed by atoms with Crippen LogP contribution < -0.4 is 10.6 Å². The summed E-state index contributed by atoms with van der Waals surface area (Å²) in [7, 11) is 3.60. The number of benzene rings is 1. The van der Waals surface area contributed by atoms with Gasteiger partial charge in [0, 0.05) is 51.4 Å². The number of guanidine groups is 1. The quantitative estimate of drug-likeness (QED) is 0.402. The van der Waals surface area contributed by atoms with Gasteiger partial charge in [-0.3, -0.25) is 14.8 Å². The molecule has 2 N–H and O–H groups in total. The largest absolute Gasteiger partial charge is 0.352 e. The van der Waals surface area contributed by atoms with E-state index in [2.05, 4.69) is 38.8 Å². The molecule has 1 aromatic carbocycles. The van der Waals surface area contributed by atoms with E-state index in [0.29, 0.717) is 19.5 Å². The number of aromatic nitrogens is 1. The van der Waals surface area contributed by atoms with Gasteiger partial charge in [-0.2, -0.15) is 0 Å². The van der Waals surface area contributed by atoms with Crippen LogP contribution >= 0.6 is 24.0 Å². The molecule has 1 fully saturated rings. The number of nitrogens with one attached hydrogen (secondary N) is 2. The summed E-state index contributed by atoms with van der Waals surface area (Å²) >= 11 is 0. The summed E-state index contributed by atoms with van der Waals surface area (Å²) in [4.78, 5) is 22.1. The normalized spacial score (nSPS) is 17.3. The first-order valence-electron chi connectivity index (χ1n) is 8.87. The highest BCUT2D eigenvalue weighted by Crippen LogP contribution is 2.17. The molecule has 0 aliphatic carbocycles. The molecule has 27 heavy (non-hydrogen) atoms. The topological polar surface area (TPSA) is 69.6 Å². The third kappa shape index (κ3) is 5.92. The molecule has 7 heteroatoms. The number of carbonyl (C=O) groups is 1. The van der Waals surface area contributed by atoms with E-state index in [-0.39, 0.29) is 35.9 Å². The van der Waals surface area contributed by atoms with E-state index in [1.54, 1.807) is 18.1 Å². The van der Waals surface area contributed by atoms with Crippen LogP contribution in [0.1, 0.15) is 18.4 Å². The number of piperidine rings is 1. The van der Waals surface area contributed by atoms with E-state index in [4.69, 9.17) is 0 Å². The van der Waals surface area contributed by atoms with Crippen LogP contribution in [0.2, 0.25) is 0 Å². The Balaban J connectivity index is 0.00000261. The van der Waals surface area contributed by atoms with Crippen molar-refractivity contribution in [1.29, 1.82) is 0 Å². The maximum atomic E-state index is 11.6. The van der Waals surface area contributed by atoms with E-state index in [9.17, 15) is 4.79 Å². The number of halogens is 1. The number of hydrogen-bond acceptors (Lipinski definition) is 3. The molecule has 3 rings (SSSR count). The Bertz CT molecular complexity index is 781. The van der Waals surface area contributed by atoms with Gasteiger partial charge in [0.2, 0.25) is 5.91 Å². The third-order valence-corrected chi connectivity index (χ3v) is 4.54. The van der Waals surface area contributed by atoms with Gasteiger partial charge in [0.25, 0.3) is 0 Å². The first-order valence-corrected chi connectivity index (χ1v) is 8.87. The van der Waals surface area contributed by atoms with Crippen LogP contribution in [0.5, 0.6) is 0 Å². The van der Waals surface area contributed by atoms with Crippen LogP contribution in [-0.4, -0.2) is 48.4 Å². The second-order valence-corrected chi connectivity index (χ2v) is 6.50. The molecule has 1 amide bonds. The number of pyridine rings is 1. The lowest BCUT2D eigenvalue weighted by atomic mass is 10.1. The lowest BCUT2D eigenvalue weighted by Gasteiger charge is -2.31. The van der Waals surface area contributed by atoms with Crippen LogP contribution in [0.15, 0.2) is 53.7 Å². The SMILES string of the molecule is CN=C(NCc1cccc(-c2ccccn2)c1)NC1CCC(=O)N(C)C1.I. The average molecular weight is 479 g/mol. The van der Waals surface area contributed by atoms with E-state index in [0.717, 1.165) is 29.2 Å². The lowest BCUT2D eigenvalue weighted by Crippen LogP contribution is -2.51. The summed E-state index contributed by atoms with van der Waals surface area (Å²) < 4.78 is 0. The Hall–Kier alpha value is -2.16. The molecule has 1 aliphatic rings. The third-order valence-electron chi connectivity index (χ3n) is 4.54. The first-order chi connectivity index (χ1) is 12.7. The van der Waals surface area contributed by atoms with Gasteiger partial charge in [-0.05, 0) is 30.2 Å². The van der Waals surface area contributed by atoms with E-state index in [1.807, 2.05) is 31.3 Å². The van der Waals surface area contributed by atoms with E-state index in [1.165, 1.54) is 0 Å². The fourth-order valence-electron chi connectivity index (χ4n) is 3.08. The molecular formula is C20H26IN5O. The average Bonchev–Trinajstić information content (AvgIpc) is 2.69. The number of nitrogens with zero attached hydrogens (tertiary/aromatic N) is 3. The maximum absolute atomic E-state index is 11.6. The predicted molar refractivity (Wildman–Crippen MR) is 119 cm³/mol. The van der Waals surface area contributed by atoms with Crippen LogP contribution in [-0.2, 0) is 11.3 Å². The highest BCUT2D eigenvalue weighted by Gasteiger charge is 2.23. The van der Waals surface area contributed by atoms with Gasteiger partial charge >= 0.3 is 0 Å². The fraction of sp³-hybridized carbons (Fsp3) is 0.350. The summed E-state index contributed by atoms with van der Waals surface area (Å²) in [6.07, 6.45) is 3.22. The molecule has 1 saturated heterocycles. The van der Waals surface area contributed by atoms with Crippen molar-refractivity contribution < 1.29 is 4.79 Å². The molecule has 2 heterocycles. The molecule has 1 unspecified atom stereocenters. The Kier molecular flexibility index (Phi) is 8.02. The molecule has 6 nitrogen and oxygen atoms in total. The fourth-order valence-corrected chi connectivity index (χ4v) is 3.08. The maximum Gasteiger partial charge on any atom is 0.222 e. The van der Waals surface area contributed by atoms with Gasteiger partial charge in [0.1, 0.15) is 0 Å². The zero-order chi connectivity index (χ0) is 18.4. The first kappa shape index (κ1) is 21.1. The Labute approximate surface area is 177 Å². The van der Waals surface area contributed by atoms with Gasteiger partial charge in [-0.25, -0.2) is 0 Å². The molecule has 1 atom stereocenters. The zero-order valence-corrected chi connectivity index (χ0v) is 18.0. The highest BCUT2D eigenvalue weighted by molar-refractivity contribution is 14.0. The number of carbonyl (C=O) groups excluding carboxylic acids is 1. The smallest absolute Gasteiger partial charge is 0.222 e. The molecule has 1 aliphatic heterocycles. The van der Waals surface area contributed by atoms with E-state index < -0.39 is 0 Å².